The molecule has 0 aliphatic heterocycles. The van der Waals surface area contributed by atoms with Crippen molar-refractivity contribution in [3.63, 3.8) is 0 Å². The van der Waals surface area contributed by atoms with Crippen LogP contribution in [0.4, 0.5) is 8.78 Å². The number of esters is 1. The van der Waals surface area contributed by atoms with Crippen LogP contribution in [-0.2, 0) is 16.0 Å². The van der Waals surface area contributed by atoms with Crippen LogP contribution in [0.15, 0.2) is 18.2 Å². The van der Waals surface area contributed by atoms with E-state index in [0.29, 0.717) is 25.1 Å². The topological polar surface area (TPSA) is 38.3 Å². The Morgan fingerprint density at radius 3 is 2.56 bits per heavy atom. The molecule has 0 saturated carbocycles. The molecule has 0 heterocycles. The fourth-order valence-electron chi connectivity index (χ4n) is 1.43. The highest BCUT2D eigenvalue weighted by molar-refractivity contribution is 9.10. The largest absolute Gasteiger partial charge is 0.468 e. The molecular weight excluding hydrogens is 308 g/mol. The standard InChI is InChI=1S/C12H14BrF2NO2/c1-18-12(17)11(13)7-16-3-2-8-4-9(14)6-10(15)5-8/h4-6,11,16H,2-3,7H2,1H3. The fourth-order valence-corrected chi connectivity index (χ4v) is 1.84. The molecule has 0 bridgehead atoms. The molecule has 3 nitrogen and oxygen atoms in total. The van der Waals surface area contributed by atoms with Gasteiger partial charge in [0.2, 0.25) is 0 Å². The quantitative estimate of drug-likeness (QED) is 0.495. The smallest absolute Gasteiger partial charge is 0.320 e. The van der Waals surface area contributed by atoms with Crippen LogP contribution >= 0.6 is 15.9 Å². The molecule has 0 fully saturated rings. The molecule has 0 spiro atoms. The number of hydrogen-bond acceptors (Lipinski definition) is 3. The Balaban J connectivity index is 2.31. The van der Waals surface area contributed by atoms with E-state index in [1.165, 1.54) is 19.2 Å². The maximum Gasteiger partial charge on any atom is 0.320 e. The minimum absolute atomic E-state index is 0.362. The van der Waals surface area contributed by atoms with Gasteiger partial charge in [-0.2, -0.15) is 0 Å². The van der Waals surface area contributed by atoms with Crippen molar-refractivity contribution in [3.05, 3.63) is 35.4 Å². The second-order valence-corrected chi connectivity index (χ2v) is 4.83. The number of carbonyl (C=O) groups excluding carboxylic acids is 1. The lowest BCUT2D eigenvalue weighted by atomic mass is 10.1. The van der Waals surface area contributed by atoms with Gasteiger partial charge in [-0.05, 0) is 30.7 Å². The van der Waals surface area contributed by atoms with Crippen LogP contribution in [0.1, 0.15) is 5.56 Å². The first-order valence-electron chi connectivity index (χ1n) is 5.40. The second-order valence-electron chi connectivity index (χ2n) is 3.72. The molecule has 6 heteroatoms. The summed E-state index contributed by atoms with van der Waals surface area (Å²) in [7, 11) is 1.31. The van der Waals surface area contributed by atoms with Crippen LogP contribution in [0, 0.1) is 11.6 Å². The van der Waals surface area contributed by atoms with Crippen molar-refractivity contribution < 1.29 is 18.3 Å². The summed E-state index contributed by atoms with van der Waals surface area (Å²) >= 11 is 3.16. The van der Waals surface area contributed by atoms with E-state index in [-0.39, 0.29) is 5.97 Å². The molecule has 18 heavy (non-hydrogen) atoms. The molecule has 0 radical (unpaired) electrons. The summed E-state index contributed by atoms with van der Waals surface area (Å²) in [5, 5.41) is 3.00. The molecule has 1 N–H and O–H groups in total. The average Bonchev–Trinajstić information content (AvgIpc) is 2.32. The van der Waals surface area contributed by atoms with Gasteiger partial charge >= 0.3 is 5.97 Å². The van der Waals surface area contributed by atoms with Gasteiger partial charge in [-0.3, -0.25) is 4.79 Å². The predicted molar refractivity (Wildman–Crippen MR) is 67.7 cm³/mol. The number of benzene rings is 1. The van der Waals surface area contributed by atoms with E-state index in [1.807, 2.05) is 0 Å². The van der Waals surface area contributed by atoms with Crippen molar-refractivity contribution in [1.29, 1.82) is 0 Å². The number of alkyl halides is 1. The lowest BCUT2D eigenvalue weighted by Gasteiger charge is -2.09. The van der Waals surface area contributed by atoms with Crippen LogP contribution in [0.2, 0.25) is 0 Å². The van der Waals surface area contributed by atoms with Crippen LogP contribution in [-0.4, -0.2) is 31.0 Å². The van der Waals surface area contributed by atoms with Gasteiger partial charge < -0.3 is 10.1 Å². The number of halogens is 3. The van der Waals surface area contributed by atoms with Crippen LogP contribution in [0.5, 0.6) is 0 Å². The first kappa shape index (κ1) is 15.0. The fraction of sp³-hybridized carbons (Fsp3) is 0.417. The molecule has 0 aliphatic rings. The van der Waals surface area contributed by atoms with Crippen molar-refractivity contribution in [1.82, 2.24) is 5.32 Å². The van der Waals surface area contributed by atoms with Gasteiger partial charge in [-0.1, -0.05) is 15.9 Å². The van der Waals surface area contributed by atoms with E-state index in [4.69, 9.17) is 0 Å². The highest BCUT2D eigenvalue weighted by atomic mass is 79.9. The molecule has 1 aromatic rings. The number of hydrogen-bond donors (Lipinski definition) is 1. The van der Waals surface area contributed by atoms with Crippen molar-refractivity contribution in [2.45, 2.75) is 11.2 Å². The average molecular weight is 322 g/mol. The summed E-state index contributed by atoms with van der Waals surface area (Å²) in [5.41, 5.74) is 0.573. The Morgan fingerprint density at radius 1 is 1.39 bits per heavy atom. The first-order chi connectivity index (χ1) is 8.52. The molecule has 100 valence electrons. The summed E-state index contributed by atoms with van der Waals surface area (Å²) in [6.07, 6.45) is 0.482. The van der Waals surface area contributed by atoms with E-state index < -0.39 is 16.5 Å². The minimum atomic E-state index is -0.585. The summed E-state index contributed by atoms with van der Waals surface area (Å²) in [5.74, 6) is -1.53. The van der Waals surface area contributed by atoms with Gasteiger partial charge in [-0.25, -0.2) is 8.78 Å². The molecule has 0 saturated heterocycles. The summed E-state index contributed by atoms with van der Waals surface area (Å²) in [6.45, 7) is 0.909. The van der Waals surface area contributed by atoms with Gasteiger partial charge in [0, 0.05) is 12.6 Å². The molecule has 1 aromatic carbocycles. The predicted octanol–water partition coefficient (Wildman–Crippen LogP) is 2.03. The SMILES string of the molecule is COC(=O)C(Br)CNCCc1cc(F)cc(F)c1. The van der Waals surface area contributed by atoms with Crippen molar-refractivity contribution in [2.24, 2.45) is 0 Å². The maximum atomic E-state index is 12.9. The zero-order valence-corrected chi connectivity index (χ0v) is 11.5. The number of methoxy groups -OCH3 is 1. The Morgan fingerprint density at radius 2 is 2.00 bits per heavy atom. The third-order valence-electron chi connectivity index (χ3n) is 2.29. The zero-order valence-electron chi connectivity index (χ0n) is 9.88. The molecule has 0 aromatic heterocycles. The van der Waals surface area contributed by atoms with Gasteiger partial charge in [0.05, 0.1) is 7.11 Å². The van der Waals surface area contributed by atoms with Crippen LogP contribution in [0.25, 0.3) is 0 Å². The highest BCUT2D eigenvalue weighted by Crippen LogP contribution is 2.08. The van der Waals surface area contributed by atoms with Crippen molar-refractivity contribution in [2.75, 3.05) is 20.2 Å². The van der Waals surface area contributed by atoms with Crippen LogP contribution in [0.3, 0.4) is 0 Å². The van der Waals surface area contributed by atoms with Gasteiger partial charge in [0.25, 0.3) is 0 Å². The van der Waals surface area contributed by atoms with E-state index in [0.717, 1.165) is 6.07 Å². The Hall–Kier alpha value is -1.01. The van der Waals surface area contributed by atoms with E-state index >= 15 is 0 Å². The Kier molecular flexibility index (Phi) is 6.21. The molecule has 1 unspecified atom stereocenters. The number of rotatable bonds is 6. The first-order valence-corrected chi connectivity index (χ1v) is 6.32. The second kappa shape index (κ2) is 7.43. The monoisotopic (exact) mass is 321 g/mol. The molecular formula is C12H14BrF2NO2. The van der Waals surface area contributed by atoms with Crippen molar-refractivity contribution >= 4 is 21.9 Å². The summed E-state index contributed by atoms with van der Waals surface area (Å²) in [4.78, 5) is 10.6. The third-order valence-corrected chi connectivity index (χ3v) is 2.99. The molecule has 1 atom stereocenters. The Labute approximate surface area is 113 Å². The van der Waals surface area contributed by atoms with E-state index in [2.05, 4.69) is 26.0 Å². The Bertz CT molecular complexity index is 395. The number of nitrogens with one attached hydrogen (secondary N) is 1. The third kappa shape index (κ3) is 5.10. The van der Waals surface area contributed by atoms with E-state index in [1.54, 1.807) is 0 Å². The lowest BCUT2D eigenvalue weighted by Crippen LogP contribution is -2.30. The molecule has 0 aliphatic carbocycles. The molecule has 1 rings (SSSR count). The number of ether oxygens (including phenoxy) is 1. The van der Waals surface area contributed by atoms with Gasteiger partial charge in [-0.15, -0.1) is 0 Å². The normalized spacial score (nSPS) is 12.2. The van der Waals surface area contributed by atoms with Crippen LogP contribution < -0.4 is 5.32 Å². The lowest BCUT2D eigenvalue weighted by molar-refractivity contribution is -0.139. The zero-order chi connectivity index (χ0) is 13.5. The number of carbonyl (C=O) groups is 1. The summed E-state index contributed by atoms with van der Waals surface area (Å²) < 4.78 is 30.3. The highest BCUT2D eigenvalue weighted by Gasteiger charge is 2.13. The van der Waals surface area contributed by atoms with E-state index in [9.17, 15) is 13.6 Å². The maximum absolute atomic E-state index is 12.9. The minimum Gasteiger partial charge on any atom is -0.468 e. The van der Waals surface area contributed by atoms with Gasteiger partial charge in [0.1, 0.15) is 16.5 Å². The van der Waals surface area contributed by atoms with Crippen molar-refractivity contribution in [3.8, 4) is 0 Å². The van der Waals surface area contributed by atoms with Gasteiger partial charge in [0.15, 0.2) is 0 Å². The molecule has 0 amide bonds. The summed E-state index contributed by atoms with van der Waals surface area (Å²) in [6, 6.07) is 3.41.